The first-order valence-electron chi connectivity index (χ1n) is 5.85. The normalized spacial score (nSPS) is 12.5. The van der Waals surface area contributed by atoms with Crippen molar-refractivity contribution in [2.75, 3.05) is 6.79 Å². The molecular formula is C15H11FO3. The Labute approximate surface area is 109 Å². The number of benzene rings is 2. The predicted molar refractivity (Wildman–Crippen MR) is 67.1 cm³/mol. The van der Waals surface area contributed by atoms with Gasteiger partial charge in [-0.3, -0.25) is 4.79 Å². The molecule has 0 atom stereocenters. The molecule has 0 radical (unpaired) electrons. The van der Waals surface area contributed by atoms with Crippen LogP contribution in [0.1, 0.15) is 21.5 Å². The predicted octanol–water partition coefficient (Wildman–Crippen LogP) is 3.09. The third-order valence-corrected chi connectivity index (χ3v) is 3.07. The molecule has 19 heavy (non-hydrogen) atoms. The molecule has 0 saturated carbocycles. The molecule has 0 unspecified atom stereocenters. The smallest absolute Gasteiger partial charge is 0.231 e. The molecule has 2 aromatic carbocycles. The number of rotatable bonds is 2. The van der Waals surface area contributed by atoms with Gasteiger partial charge in [0.25, 0.3) is 0 Å². The van der Waals surface area contributed by atoms with Crippen molar-refractivity contribution in [2.45, 2.75) is 6.92 Å². The highest BCUT2D eigenvalue weighted by atomic mass is 19.1. The number of halogens is 1. The Morgan fingerprint density at radius 1 is 1.05 bits per heavy atom. The van der Waals surface area contributed by atoms with E-state index in [-0.39, 0.29) is 18.4 Å². The molecule has 1 heterocycles. The van der Waals surface area contributed by atoms with Crippen molar-refractivity contribution in [2.24, 2.45) is 0 Å². The average Bonchev–Trinajstić information content (AvgIpc) is 2.88. The summed E-state index contributed by atoms with van der Waals surface area (Å²) in [7, 11) is 0. The topological polar surface area (TPSA) is 35.5 Å². The van der Waals surface area contributed by atoms with Crippen LogP contribution in [0.2, 0.25) is 0 Å². The number of ketones is 1. The van der Waals surface area contributed by atoms with Crippen LogP contribution in [0.5, 0.6) is 11.5 Å². The Kier molecular flexibility index (Phi) is 2.71. The summed E-state index contributed by atoms with van der Waals surface area (Å²) in [6.07, 6.45) is 0. The highest BCUT2D eigenvalue weighted by Gasteiger charge is 2.17. The zero-order valence-corrected chi connectivity index (χ0v) is 10.3. The lowest BCUT2D eigenvalue weighted by Crippen LogP contribution is -2.02. The van der Waals surface area contributed by atoms with Gasteiger partial charge in [0.1, 0.15) is 5.82 Å². The molecule has 1 aliphatic heterocycles. The van der Waals surface area contributed by atoms with Gasteiger partial charge in [0.05, 0.1) is 0 Å². The van der Waals surface area contributed by atoms with E-state index in [1.165, 1.54) is 6.07 Å². The van der Waals surface area contributed by atoms with Crippen molar-refractivity contribution in [1.82, 2.24) is 0 Å². The minimum atomic E-state index is -0.383. The molecule has 4 heteroatoms. The van der Waals surface area contributed by atoms with Gasteiger partial charge >= 0.3 is 0 Å². The van der Waals surface area contributed by atoms with Crippen LogP contribution in [0.3, 0.4) is 0 Å². The maximum atomic E-state index is 13.5. The van der Waals surface area contributed by atoms with Gasteiger partial charge in [0, 0.05) is 11.1 Å². The van der Waals surface area contributed by atoms with Crippen LogP contribution >= 0.6 is 0 Å². The summed E-state index contributed by atoms with van der Waals surface area (Å²) in [5.41, 5.74) is 1.29. The fraction of sp³-hybridized carbons (Fsp3) is 0.133. The molecule has 3 nitrogen and oxygen atoms in total. The third kappa shape index (κ3) is 2.05. The monoisotopic (exact) mass is 258 g/mol. The van der Waals surface area contributed by atoms with Gasteiger partial charge in [-0.1, -0.05) is 12.1 Å². The van der Waals surface area contributed by atoms with Gasteiger partial charge in [0.2, 0.25) is 6.79 Å². The fourth-order valence-electron chi connectivity index (χ4n) is 1.94. The highest BCUT2D eigenvalue weighted by molar-refractivity contribution is 6.09. The molecule has 96 valence electrons. The van der Waals surface area contributed by atoms with Crippen molar-refractivity contribution in [1.29, 1.82) is 0 Å². The molecular weight excluding hydrogens is 247 g/mol. The zero-order valence-electron chi connectivity index (χ0n) is 10.3. The number of hydrogen-bond donors (Lipinski definition) is 0. The van der Waals surface area contributed by atoms with Gasteiger partial charge < -0.3 is 9.47 Å². The van der Waals surface area contributed by atoms with Crippen molar-refractivity contribution >= 4 is 5.78 Å². The second-order valence-electron chi connectivity index (χ2n) is 4.36. The Balaban J connectivity index is 1.97. The number of carbonyl (C=O) groups excluding carboxylic acids is 1. The lowest BCUT2D eigenvalue weighted by Gasteiger charge is -2.04. The number of hydrogen-bond acceptors (Lipinski definition) is 3. The summed E-state index contributed by atoms with van der Waals surface area (Å²) < 4.78 is 23.9. The average molecular weight is 258 g/mol. The van der Waals surface area contributed by atoms with E-state index in [0.717, 1.165) is 0 Å². The molecule has 3 rings (SSSR count). The van der Waals surface area contributed by atoms with Crippen LogP contribution in [0.4, 0.5) is 4.39 Å². The first-order chi connectivity index (χ1) is 9.15. The van der Waals surface area contributed by atoms with Crippen LogP contribution in [-0.2, 0) is 0 Å². The van der Waals surface area contributed by atoms with Gasteiger partial charge in [-0.2, -0.15) is 0 Å². The molecule has 0 N–H and O–H groups in total. The first kappa shape index (κ1) is 11.7. The molecule has 0 aliphatic carbocycles. The maximum absolute atomic E-state index is 13.5. The standard InChI is InChI=1S/C15H11FO3/c1-9-2-3-10(6-12(9)16)15(17)11-4-5-13-14(7-11)19-8-18-13/h2-7H,8H2,1H3. The summed E-state index contributed by atoms with van der Waals surface area (Å²) in [6.45, 7) is 1.82. The highest BCUT2D eigenvalue weighted by Crippen LogP contribution is 2.33. The number of aryl methyl sites for hydroxylation is 1. The van der Waals surface area contributed by atoms with Gasteiger partial charge in [0.15, 0.2) is 17.3 Å². The van der Waals surface area contributed by atoms with Crippen molar-refractivity contribution in [3.8, 4) is 11.5 Å². The number of ether oxygens (including phenoxy) is 2. The van der Waals surface area contributed by atoms with Gasteiger partial charge in [-0.05, 0) is 36.8 Å². The van der Waals surface area contributed by atoms with E-state index >= 15 is 0 Å². The number of fused-ring (bicyclic) bond motifs is 1. The van der Waals surface area contributed by atoms with E-state index in [1.807, 2.05) is 0 Å². The van der Waals surface area contributed by atoms with E-state index < -0.39 is 0 Å². The molecule has 0 saturated heterocycles. The van der Waals surface area contributed by atoms with Crippen LogP contribution in [0, 0.1) is 12.7 Å². The van der Waals surface area contributed by atoms with Crippen LogP contribution in [-0.4, -0.2) is 12.6 Å². The summed E-state index contributed by atoms with van der Waals surface area (Å²) in [5, 5.41) is 0. The van der Waals surface area contributed by atoms with Gasteiger partial charge in [-0.15, -0.1) is 0 Å². The molecule has 0 amide bonds. The third-order valence-electron chi connectivity index (χ3n) is 3.07. The summed E-state index contributed by atoms with van der Waals surface area (Å²) >= 11 is 0. The number of carbonyl (C=O) groups is 1. The van der Waals surface area contributed by atoms with Gasteiger partial charge in [-0.25, -0.2) is 4.39 Å². The van der Waals surface area contributed by atoms with E-state index in [4.69, 9.17) is 9.47 Å². The van der Waals surface area contributed by atoms with E-state index in [1.54, 1.807) is 37.3 Å². The van der Waals surface area contributed by atoms with E-state index in [9.17, 15) is 9.18 Å². The molecule has 0 fully saturated rings. The summed E-state index contributed by atoms with van der Waals surface area (Å²) in [6, 6.07) is 9.40. The Hall–Kier alpha value is -2.36. The Morgan fingerprint density at radius 3 is 2.53 bits per heavy atom. The van der Waals surface area contributed by atoms with Crippen molar-refractivity contribution in [3.05, 3.63) is 58.9 Å². The molecule has 0 bridgehead atoms. The minimum Gasteiger partial charge on any atom is -0.454 e. The van der Waals surface area contributed by atoms with E-state index in [0.29, 0.717) is 28.2 Å². The largest absolute Gasteiger partial charge is 0.454 e. The minimum absolute atomic E-state index is 0.159. The zero-order chi connectivity index (χ0) is 13.4. The SMILES string of the molecule is Cc1ccc(C(=O)c2ccc3c(c2)OCO3)cc1F. The maximum Gasteiger partial charge on any atom is 0.231 e. The Bertz CT molecular complexity index is 664. The summed E-state index contributed by atoms with van der Waals surface area (Å²) in [4.78, 5) is 12.2. The molecule has 0 spiro atoms. The first-order valence-corrected chi connectivity index (χ1v) is 5.85. The second-order valence-corrected chi connectivity index (χ2v) is 4.36. The lowest BCUT2D eigenvalue weighted by molar-refractivity contribution is 0.103. The van der Waals surface area contributed by atoms with Crippen LogP contribution < -0.4 is 9.47 Å². The van der Waals surface area contributed by atoms with Crippen LogP contribution in [0.15, 0.2) is 36.4 Å². The van der Waals surface area contributed by atoms with Crippen molar-refractivity contribution in [3.63, 3.8) is 0 Å². The molecule has 0 aromatic heterocycles. The van der Waals surface area contributed by atoms with Crippen molar-refractivity contribution < 1.29 is 18.7 Å². The molecule has 1 aliphatic rings. The fourth-order valence-corrected chi connectivity index (χ4v) is 1.94. The van der Waals surface area contributed by atoms with E-state index in [2.05, 4.69) is 0 Å². The summed E-state index contributed by atoms with van der Waals surface area (Å²) in [5.74, 6) is 0.536. The Morgan fingerprint density at radius 2 is 1.74 bits per heavy atom. The quantitative estimate of drug-likeness (QED) is 0.776. The lowest BCUT2D eigenvalue weighted by atomic mass is 10.0. The second kappa shape index (κ2) is 4.39. The van der Waals surface area contributed by atoms with Crippen LogP contribution in [0.25, 0.3) is 0 Å². The molecule has 2 aromatic rings.